The molecular weight excluding hydrogens is 220 g/mol. The monoisotopic (exact) mass is 246 g/mol. The third-order valence-corrected chi connectivity index (χ3v) is 4.02. The highest BCUT2D eigenvalue weighted by molar-refractivity contribution is 5.29. The molecule has 0 aliphatic carbocycles. The average molecular weight is 246 g/mol. The van der Waals surface area contributed by atoms with E-state index in [-0.39, 0.29) is 5.41 Å². The molecule has 18 heavy (non-hydrogen) atoms. The first-order valence-corrected chi connectivity index (χ1v) is 7.17. The van der Waals surface area contributed by atoms with E-state index in [1.165, 1.54) is 11.1 Å². The van der Waals surface area contributed by atoms with Crippen LogP contribution in [0.2, 0.25) is 0 Å². The van der Waals surface area contributed by atoms with E-state index in [2.05, 4.69) is 58.9 Å². The summed E-state index contributed by atoms with van der Waals surface area (Å²) in [5.41, 5.74) is 3.09. The summed E-state index contributed by atoms with van der Waals surface area (Å²) < 4.78 is 5.64. The third kappa shape index (κ3) is 3.14. The van der Waals surface area contributed by atoms with Gasteiger partial charge in [-0.3, -0.25) is 0 Å². The smallest absolute Gasteiger partial charge is 0.0847 e. The SMILES string of the molecule is CCC1OC1CC(C)c1ccc(C(C)(C)C)cc1. The zero-order valence-electron chi connectivity index (χ0n) is 12.4. The van der Waals surface area contributed by atoms with Crippen molar-refractivity contribution in [1.29, 1.82) is 0 Å². The fourth-order valence-corrected chi connectivity index (χ4v) is 2.54. The van der Waals surface area contributed by atoms with Crippen LogP contribution in [0.4, 0.5) is 0 Å². The van der Waals surface area contributed by atoms with Crippen LogP contribution in [0.15, 0.2) is 24.3 Å². The maximum absolute atomic E-state index is 5.64. The lowest BCUT2D eigenvalue weighted by molar-refractivity contribution is 0.353. The minimum absolute atomic E-state index is 0.245. The van der Waals surface area contributed by atoms with Gasteiger partial charge in [-0.25, -0.2) is 0 Å². The Hall–Kier alpha value is -0.820. The molecule has 3 atom stereocenters. The van der Waals surface area contributed by atoms with Crippen LogP contribution in [0.3, 0.4) is 0 Å². The quantitative estimate of drug-likeness (QED) is 0.704. The third-order valence-electron chi connectivity index (χ3n) is 4.02. The van der Waals surface area contributed by atoms with Crippen LogP contribution >= 0.6 is 0 Å². The summed E-state index contributed by atoms with van der Waals surface area (Å²) in [7, 11) is 0. The number of epoxide rings is 1. The molecule has 1 heteroatoms. The first-order valence-electron chi connectivity index (χ1n) is 7.17. The van der Waals surface area contributed by atoms with E-state index in [9.17, 15) is 0 Å². The second-order valence-electron chi connectivity index (χ2n) is 6.63. The van der Waals surface area contributed by atoms with Crippen LogP contribution in [0.25, 0.3) is 0 Å². The topological polar surface area (TPSA) is 12.5 Å². The van der Waals surface area contributed by atoms with Crippen molar-refractivity contribution in [2.75, 3.05) is 0 Å². The number of ether oxygens (including phenoxy) is 1. The minimum Gasteiger partial charge on any atom is -0.370 e. The van der Waals surface area contributed by atoms with Crippen LogP contribution in [0.1, 0.15) is 64.5 Å². The summed E-state index contributed by atoms with van der Waals surface area (Å²) >= 11 is 0. The van der Waals surface area contributed by atoms with Gasteiger partial charge < -0.3 is 4.74 Å². The Kier molecular flexibility index (Phi) is 3.82. The molecule has 2 rings (SSSR count). The summed E-state index contributed by atoms with van der Waals surface area (Å²) in [6, 6.07) is 9.12. The molecule has 1 aliphatic rings. The number of rotatable bonds is 4. The van der Waals surface area contributed by atoms with Gasteiger partial charge in [0.2, 0.25) is 0 Å². The van der Waals surface area contributed by atoms with E-state index in [1.54, 1.807) is 0 Å². The van der Waals surface area contributed by atoms with Crippen molar-refractivity contribution in [3.63, 3.8) is 0 Å². The molecule has 0 aromatic heterocycles. The molecule has 1 nitrogen and oxygen atoms in total. The Morgan fingerprint density at radius 2 is 1.72 bits per heavy atom. The van der Waals surface area contributed by atoms with Crippen LogP contribution in [0, 0.1) is 0 Å². The number of benzene rings is 1. The molecule has 1 aromatic rings. The van der Waals surface area contributed by atoms with Crippen molar-refractivity contribution < 1.29 is 4.74 Å². The summed E-state index contributed by atoms with van der Waals surface area (Å²) in [5, 5.41) is 0. The summed E-state index contributed by atoms with van der Waals surface area (Å²) in [5.74, 6) is 0.598. The lowest BCUT2D eigenvalue weighted by Gasteiger charge is -2.20. The molecule has 100 valence electrons. The first-order chi connectivity index (χ1) is 8.41. The molecule has 0 amide bonds. The van der Waals surface area contributed by atoms with Gasteiger partial charge in [-0.2, -0.15) is 0 Å². The van der Waals surface area contributed by atoms with E-state index in [1.807, 2.05) is 0 Å². The Labute approximate surface area is 112 Å². The summed E-state index contributed by atoms with van der Waals surface area (Å²) in [6.07, 6.45) is 3.35. The Bertz CT molecular complexity index is 385. The van der Waals surface area contributed by atoms with Gasteiger partial charge in [-0.1, -0.05) is 58.9 Å². The highest BCUT2D eigenvalue weighted by atomic mass is 16.6. The largest absolute Gasteiger partial charge is 0.370 e. The summed E-state index contributed by atoms with van der Waals surface area (Å²) in [6.45, 7) is 11.3. The zero-order valence-corrected chi connectivity index (χ0v) is 12.4. The van der Waals surface area contributed by atoms with Crippen molar-refractivity contribution in [1.82, 2.24) is 0 Å². The zero-order chi connectivity index (χ0) is 13.3. The van der Waals surface area contributed by atoms with Gasteiger partial charge in [-0.05, 0) is 35.3 Å². The molecule has 1 aliphatic heterocycles. The maximum Gasteiger partial charge on any atom is 0.0847 e. The van der Waals surface area contributed by atoms with Crippen molar-refractivity contribution >= 4 is 0 Å². The van der Waals surface area contributed by atoms with Crippen molar-refractivity contribution in [3.05, 3.63) is 35.4 Å². The normalized spacial score (nSPS) is 24.9. The highest BCUT2D eigenvalue weighted by Crippen LogP contribution is 2.34. The van der Waals surface area contributed by atoms with Gasteiger partial charge in [0, 0.05) is 0 Å². The molecule has 0 N–H and O–H groups in total. The Morgan fingerprint density at radius 1 is 1.11 bits per heavy atom. The Morgan fingerprint density at radius 3 is 2.17 bits per heavy atom. The number of hydrogen-bond donors (Lipinski definition) is 0. The maximum atomic E-state index is 5.64. The molecule has 1 saturated heterocycles. The predicted octanol–water partition coefficient (Wildman–Crippen LogP) is 4.66. The van der Waals surface area contributed by atoms with Crippen LogP contribution in [-0.4, -0.2) is 12.2 Å². The molecule has 0 bridgehead atoms. The van der Waals surface area contributed by atoms with Gasteiger partial charge in [-0.15, -0.1) is 0 Å². The van der Waals surface area contributed by atoms with E-state index in [0.717, 1.165) is 12.8 Å². The minimum atomic E-state index is 0.245. The van der Waals surface area contributed by atoms with Gasteiger partial charge in [0.15, 0.2) is 0 Å². The molecular formula is C17H26O. The molecule has 3 unspecified atom stereocenters. The standard InChI is InChI=1S/C17H26O/c1-6-15-16(18-15)11-12(2)13-7-9-14(10-8-13)17(3,4)5/h7-10,12,15-16H,6,11H2,1-5H3. The van der Waals surface area contributed by atoms with Crippen molar-refractivity contribution in [2.45, 2.75) is 71.0 Å². The van der Waals surface area contributed by atoms with E-state index in [0.29, 0.717) is 18.1 Å². The molecule has 0 spiro atoms. The van der Waals surface area contributed by atoms with E-state index in [4.69, 9.17) is 4.74 Å². The first kappa shape index (κ1) is 13.6. The second-order valence-corrected chi connectivity index (χ2v) is 6.63. The van der Waals surface area contributed by atoms with Crippen molar-refractivity contribution in [3.8, 4) is 0 Å². The van der Waals surface area contributed by atoms with Gasteiger partial charge in [0.25, 0.3) is 0 Å². The molecule has 0 radical (unpaired) electrons. The van der Waals surface area contributed by atoms with Crippen LogP contribution < -0.4 is 0 Å². The van der Waals surface area contributed by atoms with Gasteiger partial charge >= 0.3 is 0 Å². The lowest BCUT2D eigenvalue weighted by atomic mass is 9.85. The van der Waals surface area contributed by atoms with Gasteiger partial charge in [0.05, 0.1) is 12.2 Å². The van der Waals surface area contributed by atoms with Crippen molar-refractivity contribution in [2.24, 2.45) is 0 Å². The molecule has 1 heterocycles. The Balaban J connectivity index is 1.97. The lowest BCUT2D eigenvalue weighted by Crippen LogP contribution is -2.11. The molecule has 0 saturated carbocycles. The second kappa shape index (κ2) is 5.05. The average Bonchev–Trinajstić information content (AvgIpc) is 3.06. The van der Waals surface area contributed by atoms with E-state index < -0.39 is 0 Å². The molecule has 1 aromatic carbocycles. The predicted molar refractivity (Wildman–Crippen MR) is 77.1 cm³/mol. The van der Waals surface area contributed by atoms with Crippen LogP contribution in [-0.2, 0) is 10.2 Å². The van der Waals surface area contributed by atoms with E-state index >= 15 is 0 Å². The van der Waals surface area contributed by atoms with Gasteiger partial charge in [0.1, 0.15) is 0 Å². The molecule has 1 fully saturated rings. The fraction of sp³-hybridized carbons (Fsp3) is 0.647. The summed E-state index contributed by atoms with van der Waals surface area (Å²) in [4.78, 5) is 0. The fourth-order valence-electron chi connectivity index (χ4n) is 2.54. The van der Waals surface area contributed by atoms with Crippen LogP contribution in [0.5, 0.6) is 0 Å². The highest BCUT2D eigenvalue weighted by Gasteiger charge is 2.37. The number of hydrogen-bond acceptors (Lipinski definition) is 1.